The Kier molecular flexibility index (Phi) is 8.23. The van der Waals surface area contributed by atoms with Crippen LogP contribution >= 0.6 is 11.6 Å². The number of benzene rings is 1. The molecule has 0 saturated carbocycles. The second-order valence-electron chi connectivity index (χ2n) is 12.1. The first-order valence-corrected chi connectivity index (χ1v) is 15.5. The maximum Gasteiger partial charge on any atom is 0.407 e. The fraction of sp³-hybridized carbons (Fsp3) is 0.500. The summed E-state index contributed by atoms with van der Waals surface area (Å²) in [5.41, 5.74) is 0.424. The van der Waals surface area contributed by atoms with E-state index in [1.54, 1.807) is 23.2 Å². The first kappa shape index (κ1) is 30.7. The lowest BCUT2D eigenvalue weighted by Gasteiger charge is -2.31. The molecule has 3 aromatic heterocycles. The van der Waals surface area contributed by atoms with E-state index >= 15 is 4.39 Å². The number of hydrogen-bond acceptors (Lipinski definition) is 10. The number of H-pyrrole nitrogens is 1. The third-order valence-electron chi connectivity index (χ3n) is 9.22. The van der Waals surface area contributed by atoms with Crippen LogP contribution in [0.5, 0.6) is 6.01 Å². The van der Waals surface area contributed by atoms with Gasteiger partial charge >= 0.3 is 12.1 Å². The van der Waals surface area contributed by atoms with Gasteiger partial charge in [-0.15, -0.1) is 0 Å². The van der Waals surface area contributed by atoms with Crippen LogP contribution in [0.3, 0.4) is 0 Å². The van der Waals surface area contributed by atoms with Crippen LogP contribution < -0.4 is 15.0 Å². The predicted octanol–water partition coefficient (Wildman–Crippen LogP) is 3.81. The van der Waals surface area contributed by atoms with E-state index in [0.717, 1.165) is 19.4 Å². The first-order chi connectivity index (χ1) is 22.3. The molecule has 3 saturated heterocycles. The van der Waals surface area contributed by atoms with Gasteiger partial charge in [0, 0.05) is 54.1 Å². The minimum Gasteiger partial charge on any atom is -0.461 e. The number of aliphatic hydroxyl groups excluding tert-OH is 1. The summed E-state index contributed by atoms with van der Waals surface area (Å²) in [5, 5.41) is 19.7. The molecule has 0 radical (unpaired) electrons. The summed E-state index contributed by atoms with van der Waals surface area (Å²) < 4.78 is 56.3. The number of nitrogens with zero attached hydrogens (tertiary/aromatic N) is 6. The van der Waals surface area contributed by atoms with Gasteiger partial charge in [0.1, 0.15) is 36.4 Å². The smallest absolute Gasteiger partial charge is 0.407 e. The SMILES string of the molecule is O=C(N[C@H]1CN(c2nc(OC[C@@]34CCCN3C[C@H](F)C4)nc3c(F)c(-c4cc(Cl)cc5[nH]ncc45)ncc23)C[C@H]1CF)OCCO. The second kappa shape index (κ2) is 12.3. The van der Waals surface area contributed by atoms with Crippen molar-refractivity contribution in [2.45, 2.75) is 37.0 Å². The number of carbonyl (C=O) groups is 1. The number of fused-ring (bicyclic) bond motifs is 3. The van der Waals surface area contributed by atoms with Crippen molar-refractivity contribution in [1.82, 2.24) is 35.4 Å². The number of anilines is 1. The van der Waals surface area contributed by atoms with Crippen LogP contribution in [-0.4, -0.2) is 112 Å². The van der Waals surface area contributed by atoms with Crippen molar-refractivity contribution in [2.24, 2.45) is 5.92 Å². The number of hydrogen-bond donors (Lipinski definition) is 3. The molecule has 3 aliphatic rings. The molecular formula is C30H32ClF3N8O4. The molecule has 12 nitrogen and oxygen atoms in total. The Morgan fingerprint density at radius 2 is 2.09 bits per heavy atom. The highest BCUT2D eigenvalue weighted by Crippen LogP contribution is 2.41. The van der Waals surface area contributed by atoms with Gasteiger partial charge in [-0.1, -0.05) is 11.6 Å². The molecule has 4 atom stereocenters. The first-order valence-electron chi connectivity index (χ1n) is 15.1. The average molecular weight is 661 g/mol. The van der Waals surface area contributed by atoms with Crippen LogP contribution in [-0.2, 0) is 4.74 Å². The van der Waals surface area contributed by atoms with Crippen LogP contribution in [0.1, 0.15) is 19.3 Å². The van der Waals surface area contributed by atoms with Crippen molar-refractivity contribution in [3.05, 3.63) is 35.4 Å². The molecule has 3 N–H and O–H groups in total. The third kappa shape index (κ3) is 5.53. The molecule has 46 heavy (non-hydrogen) atoms. The summed E-state index contributed by atoms with van der Waals surface area (Å²) in [6.07, 6.45) is 3.26. The van der Waals surface area contributed by atoms with E-state index in [2.05, 4.69) is 35.4 Å². The fourth-order valence-electron chi connectivity index (χ4n) is 7.07. The van der Waals surface area contributed by atoms with E-state index in [1.807, 2.05) is 0 Å². The van der Waals surface area contributed by atoms with Gasteiger partial charge in [0.2, 0.25) is 0 Å². The number of aliphatic hydroxyl groups is 1. The maximum atomic E-state index is 16.6. The van der Waals surface area contributed by atoms with Crippen molar-refractivity contribution in [3.8, 4) is 17.3 Å². The van der Waals surface area contributed by atoms with Gasteiger partial charge in [-0.2, -0.15) is 15.1 Å². The highest BCUT2D eigenvalue weighted by Gasteiger charge is 2.49. The number of rotatable bonds is 9. The van der Waals surface area contributed by atoms with Gasteiger partial charge in [0.15, 0.2) is 5.82 Å². The lowest BCUT2D eigenvalue weighted by Crippen LogP contribution is -2.43. The molecular weight excluding hydrogens is 629 g/mol. The van der Waals surface area contributed by atoms with Gasteiger partial charge in [0.25, 0.3) is 0 Å². The van der Waals surface area contributed by atoms with Crippen molar-refractivity contribution >= 4 is 45.3 Å². The molecule has 7 rings (SSSR count). The zero-order valence-electron chi connectivity index (χ0n) is 24.7. The van der Waals surface area contributed by atoms with Gasteiger partial charge in [0.05, 0.1) is 42.0 Å². The Hall–Kier alpha value is -3.95. The van der Waals surface area contributed by atoms with E-state index in [1.165, 1.54) is 6.20 Å². The van der Waals surface area contributed by atoms with E-state index in [4.69, 9.17) is 26.2 Å². The van der Waals surface area contributed by atoms with E-state index < -0.39 is 42.3 Å². The second-order valence-corrected chi connectivity index (χ2v) is 12.5. The Balaban J connectivity index is 1.28. The van der Waals surface area contributed by atoms with Crippen LogP contribution in [0.2, 0.25) is 5.02 Å². The summed E-state index contributed by atoms with van der Waals surface area (Å²) in [7, 11) is 0. The zero-order valence-corrected chi connectivity index (χ0v) is 25.4. The Bertz CT molecular complexity index is 1780. The van der Waals surface area contributed by atoms with Gasteiger partial charge in [-0.25, -0.2) is 13.6 Å². The number of aromatic nitrogens is 5. The Labute approximate surface area is 266 Å². The molecule has 6 heterocycles. The molecule has 3 aliphatic heterocycles. The number of pyridine rings is 1. The Morgan fingerprint density at radius 3 is 2.91 bits per heavy atom. The largest absolute Gasteiger partial charge is 0.461 e. The number of nitrogens with one attached hydrogen (secondary N) is 2. The Morgan fingerprint density at radius 1 is 1.22 bits per heavy atom. The van der Waals surface area contributed by atoms with Crippen LogP contribution in [0.4, 0.5) is 23.8 Å². The molecule has 0 spiro atoms. The number of alkyl carbamates (subject to hydrolysis) is 1. The van der Waals surface area contributed by atoms with Gasteiger partial charge in [-0.3, -0.25) is 19.4 Å². The highest BCUT2D eigenvalue weighted by molar-refractivity contribution is 6.31. The molecule has 244 valence electrons. The van der Waals surface area contributed by atoms with Crippen molar-refractivity contribution in [2.75, 3.05) is 57.6 Å². The monoisotopic (exact) mass is 660 g/mol. The van der Waals surface area contributed by atoms with Crippen molar-refractivity contribution in [3.63, 3.8) is 0 Å². The number of halogens is 4. The molecule has 0 aliphatic carbocycles. The number of aromatic amines is 1. The van der Waals surface area contributed by atoms with Crippen LogP contribution in [0.25, 0.3) is 33.1 Å². The normalized spacial score (nSPS) is 24.6. The summed E-state index contributed by atoms with van der Waals surface area (Å²) in [6, 6.07) is 2.50. The zero-order chi connectivity index (χ0) is 32.0. The minimum atomic E-state index is -0.962. The van der Waals surface area contributed by atoms with Crippen molar-refractivity contribution < 1.29 is 32.5 Å². The molecule has 0 unspecified atom stereocenters. The lowest BCUT2D eigenvalue weighted by molar-refractivity contribution is 0.107. The molecule has 0 bridgehead atoms. The molecule has 3 fully saturated rings. The highest BCUT2D eigenvalue weighted by atomic mass is 35.5. The minimum absolute atomic E-state index is 0.0112. The van der Waals surface area contributed by atoms with Gasteiger partial charge in [-0.05, 0) is 31.5 Å². The molecule has 1 aromatic carbocycles. The summed E-state index contributed by atoms with van der Waals surface area (Å²) >= 11 is 6.34. The van der Waals surface area contributed by atoms with E-state index in [-0.39, 0.29) is 61.3 Å². The fourth-order valence-corrected chi connectivity index (χ4v) is 7.29. The summed E-state index contributed by atoms with van der Waals surface area (Å²) in [5.74, 6) is -1.12. The molecule has 16 heteroatoms. The van der Waals surface area contributed by atoms with Crippen molar-refractivity contribution in [1.29, 1.82) is 0 Å². The number of amides is 1. The third-order valence-corrected chi connectivity index (χ3v) is 9.44. The standard InChI is InChI=1S/C30H32ClF3N8O4/c31-17-6-19(20-11-36-40-22(20)7-17)25-24(34)26-21(10-35-25)27(41-12-16(9-32)23(14-41)37-29(44)45-5-4-43)39-28(38-26)46-15-30-2-1-3-42(30)13-18(33)8-30/h6-7,10-11,16,18,23,43H,1-5,8-9,12-15H2,(H,36,40)(H,37,44)/t16-,18-,23+,30+/m1/s1. The van der Waals surface area contributed by atoms with Crippen LogP contribution in [0.15, 0.2) is 24.5 Å². The van der Waals surface area contributed by atoms with Gasteiger partial charge < -0.3 is 24.8 Å². The van der Waals surface area contributed by atoms with E-state index in [9.17, 15) is 13.6 Å². The molecule has 1 amide bonds. The van der Waals surface area contributed by atoms with Crippen LogP contribution in [0, 0.1) is 11.7 Å². The number of alkyl halides is 2. The molecule has 4 aromatic rings. The average Bonchev–Trinajstić information content (AvgIpc) is 3.82. The summed E-state index contributed by atoms with van der Waals surface area (Å²) in [4.78, 5) is 29.6. The maximum absolute atomic E-state index is 16.6. The van der Waals surface area contributed by atoms with E-state index in [0.29, 0.717) is 34.5 Å². The number of carbonyl (C=O) groups excluding carboxylic acids is 1. The predicted molar refractivity (Wildman–Crippen MR) is 163 cm³/mol. The topological polar surface area (TPSA) is 142 Å². The summed E-state index contributed by atoms with van der Waals surface area (Å²) in [6.45, 7) is 0.203. The quantitative estimate of drug-likeness (QED) is 0.243. The number of ether oxygens (including phenoxy) is 2. The lowest BCUT2D eigenvalue weighted by atomic mass is 9.95.